The summed E-state index contributed by atoms with van der Waals surface area (Å²) in [6.45, 7) is 3.90. The van der Waals surface area contributed by atoms with Gasteiger partial charge in [-0.15, -0.1) is 0 Å². The van der Waals surface area contributed by atoms with E-state index in [4.69, 9.17) is 0 Å². The molecule has 0 saturated heterocycles. The average molecular weight is 310 g/mol. The smallest absolute Gasteiger partial charge is 0.225 e. The zero-order chi connectivity index (χ0) is 13.0. The molecule has 0 unspecified atom stereocenters. The fourth-order valence-electron chi connectivity index (χ4n) is 1.72. The van der Waals surface area contributed by atoms with Gasteiger partial charge in [-0.3, -0.25) is 0 Å². The third-order valence-corrected chi connectivity index (χ3v) is 3.17. The molecule has 6 heteroatoms. The predicted octanol–water partition coefficient (Wildman–Crippen LogP) is 2.27. The Morgan fingerprint density at radius 1 is 1.28 bits per heavy atom. The molecule has 0 spiro atoms. The fraction of sp³-hybridized carbons (Fsp3) is 0.417. The molecule has 0 N–H and O–H groups in total. The number of imidazole rings is 1. The first kappa shape index (κ1) is 13.0. The van der Waals surface area contributed by atoms with E-state index in [2.05, 4.69) is 40.3 Å². The maximum atomic E-state index is 4.26. The Hall–Kier alpha value is -1.43. The molecular formula is C12H16BrN5. The van der Waals surface area contributed by atoms with Crippen molar-refractivity contribution in [3.05, 3.63) is 35.1 Å². The van der Waals surface area contributed by atoms with Crippen LogP contribution in [-0.4, -0.2) is 33.1 Å². The Balaban J connectivity index is 1.83. The van der Waals surface area contributed by atoms with E-state index in [-0.39, 0.29) is 0 Å². The molecule has 5 nitrogen and oxygen atoms in total. The Labute approximate surface area is 115 Å². The zero-order valence-electron chi connectivity index (χ0n) is 10.5. The van der Waals surface area contributed by atoms with Crippen LogP contribution in [-0.2, 0) is 6.54 Å². The summed E-state index contributed by atoms with van der Waals surface area (Å²) in [6, 6.07) is 0. The molecule has 0 aliphatic rings. The van der Waals surface area contributed by atoms with Crippen LogP contribution >= 0.6 is 15.9 Å². The standard InChI is InChI=1S/C12H16BrN5/c1-10-14-4-7-18(10)6-3-5-17(2)12-15-8-11(13)9-16-12/h4,7-9H,3,5-6H2,1-2H3. The summed E-state index contributed by atoms with van der Waals surface area (Å²) < 4.78 is 3.05. The second kappa shape index (κ2) is 5.95. The van der Waals surface area contributed by atoms with Crippen LogP contribution in [0.4, 0.5) is 5.95 Å². The monoisotopic (exact) mass is 309 g/mol. The first-order chi connectivity index (χ1) is 8.66. The number of aryl methyl sites for hydroxylation is 2. The summed E-state index contributed by atoms with van der Waals surface area (Å²) in [6.07, 6.45) is 8.40. The van der Waals surface area contributed by atoms with Crippen molar-refractivity contribution in [2.75, 3.05) is 18.5 Å². The number of aromatic nitrogens is 4. The first-order valence-corrected chi connectivity index (χ1v) is 6.62. The number of anilines is 1. The highest BCUT2D eigenvalue weighted by atomic mass is 79.9. The summed E-state index contributed by atoms with van der Waals surface area (Å²) in [5, 5.41) is 0. The van der Waals surface area contributed by atoms with Gasteiger partial charge in [-0.05, 0) is 29.3 Å². The Bertz CT molecular complexity index is 493. The van der Waals surface area contributed by atoms with Crippen molar-refractivity contribution in [1.82, 2.24) is 19.5 Å². The number of rotatable bonds is 5. The highest BCUT2D eigenvalue weighted by Crippen LogP contribution is 2.10. The minimum atomic E-state index is 0.751. The second-order valence-electron chi connectivity index (χ2n) is 4.14. The topological polar surface area (TPSA) is 46.8 Å². The molecule has 0 aliphatic heterocycles. The van der Waals surface area contributed by atoms with Crippen LogP contribution in [0.5, 0.6) is 0 Å². The van der Waals surface area contributed by atoms with E-state index in [0.717, 1.165) is 35.8 Å². The molecule has 0 fully saturated rings. The van der Waals surface area contributed by atoms with Crippen LogP contribution in [0.25, 0.3) is 0 Å². The number of hydrogen-bond acceptors (Lipinski definition) is 4. The van der Waals surface area contributed by atoms with Crippen molar-refractivity contribution < 1.29 is 0 Å². The lowest BCUT2D eigenvalue weighted by Gasteiger charge is -2.16. The lowest BCUT2D eigenvalue weighted by molar-refractivity contribution is 0.619. The highest BCUT2D eigenvalue weighted by molar-refractivity contribution is 9.10. The molecule has 2 rings (SSSR count). The summed E-state index contributed by atoms with van der Waals surface area (Å²) in [5.41, 5.74) is 0. The highest BCUT2D eigenvalue weighted by Gasteiger charge is 2.04. The van der Waals surface area contributed by atoms with E-state index in [1.807, 2.05) is 26.4 Å². The van der Waals surface area contributed by atoms with Gasteiger partial charge in [0.2, 0.25) is 5.95 Å². The van der Waals surface area contributed by atoms with Crippen molar-refractivity contribution >= 4 is 21.9 Å². The summed E-state index contributed by atoms with van der Waals surface area (Å²) in [5.74, 6) is 1.80. The van der Waals surface area contributed by atoms with Crippen LogP contribution < -0.4 is 4.90 Å². The van der Waals surface area contributed by atoms with Crippen LogP contribution in [0.1, 0.15) is 12.2 Å². The third-order valence-electron chi connectivity index (χ3n) is 2.76. The van der Waals surface area contributed by atoms with Gasteiger partial charge in [0.1, 0.15) is 5.82 Å². The average Bonchev–Trinajstić information content (AvgIpc) is 2.76. The van der Waals surface area contributed by atoms with E-state index in [0.29, 0.717) is 0 Å². The molecule has 0 atom stereocenters. The van der Waals surface area contributed by atoms with Gasteiger partial charge in [-0.1, -0.05) is 0 Å². The molecule has 96 valence electrons. The number of hydrogen-bond donors (Lipinski definition) is 0. The zero-order valence-corrected chi connectivity index (χ0v) is 12.1. The van der Waals surface area contributed by atoms with Gasteiger partial charge in [-0.2, -0.15) is 0 Å². The van der Waals surface area contributed by atoms with Gasteiger partial charge < -0.3 is 9.47 Å². The maximum Gasteiger partial charge on any atom is 0.225 e. The SMILES string of the molecule is Cc1nccn1CCCN(C)c1ncc(Br)cn1. The summed E-state index contributed by atoms with van der Waals surface area (Å²) >= 11 is 3.33. The molecule has 0 aromatic carbocycles. The lowest BCUT2D eigenvalue weighted by atomic mass is 10.4. The molecule has 2 aromatic heterocycles. The van der Waals surface area contributed by atoms with Crippen LogP contribution in [0.3, 0.4) is 0 Å². The molecule has 0 aliphatic carbocycles. The van der Waals surface area contributed by atoms with Crippen molar-refractivity contribution in [2.24, 2.45) is 0 Å². The minimum absolute atomic E-state index is 0.751. The number of nitrogens with zero attached hydrogens (tertiary/aromatic N) is 5. The largest absolute Gasteiger partial charge is 0.344 e. The molecule has 0 amide bonds. The molecule has 18 heavy (non-hydrogen) atoms. The molecule has 2 heterocycles. The van der Waals surface area contributed by atoms with E-state index in [9.17, 15) is 0 Å². The van der Waals surface area contributed by atoms with E-state index in [1.54, 1.807) is 12.4 Å². The molecule has 2 aromatic rings. The van der Waals surface area contributed by atoms with E-state index < -0.39 is 0 Å². The van der Waals surface area contributed by atoms with Crippen molar-refractivity contribution in [3.8, 4) is 0 Å². The van der Waals surface area contributed by atoms with Gasteiger partial charge in [0.25, 0.3) is 0 Å². The Kier molecular flexibility index (Phi) is 4.30. The van der Waals surface area contributed by atoms with Crippen LogP contribution in [0, 0.1) is 6.92 Å². The Morgan fingerprint density at radius 3 is 2.61 bits per heavy atom. The van der Waals surface area contributed by atoms with Gasteiger partial charge in [0, 0.05) is 44.9 Å². The maximum absolute atomic E-state index is 4.26. The van der Waals surface area contributed by atoms with Crippen LogP contribution in [0.15, 0.2) is 29.3 Å². The van der Waals surface area contributed by atoms with Crippen molar-refractivity contribution in [3.63, 3.8) is 0 Å². The van der Waals surface area contributed by atoms with Crippen molar-refractivity contribution in [2.45, 2.75) is 19.9 Å². The normalized spacial score (nSPS) is 10.6. The summed E-state index contributed by atoms with van der Waals surface area (Å²) in [7, 11) is 2.00. The molecule has 0 radical (unpaired) electrons. The van der Waals surface area contributed by atoms with Gasteiger partial charge >= 0.3 is 0 Å². The van der Waals surface area contributed by atoms with E-state index in [1.165, 1.54) is 0 Å². The molecule has 0 bridgehead atoms. The van der Waals surface area contributed by atoms with Crippen molar-refractivity contribution in [1.29, 1.82) is 0 Å². The molecule has 0 saturated carbocycles. The molecular weight excluding hydrogens is 294 g/mol. The van der Waals surface area contributed by atoms with Gasteiger partial charge in [-0.25, -0.2) is 15.0 Å². The van der Waals surface area contributed by atoms with E-state index >= 15 is 0 Å². The minimum Gasteiger partial charge on any atom is -0.344 e. The third kappa shape index (κ3) is 3.29. The fourth-order valence-corrected chi connectivity index (χ4v) is 1.93. The number of halogens is 1. The van der Waals surface area contributed by atoms with Gasteiger partial charge in [0.15, 0.2) is 0 Å². The first-order valence-electron chi connectivity index (χ1n) is 5.83. The quantitative estimate of drug-likeness (QED) is 0.850. The predicted molar refractivity (Wildman–Crippen MR) is 74.6 cm³/mol. The van der Waals surface area contributed by atoms with Crippen LogP contribution in [0.2, 0.25) is 0 Å². The summed E-state index contributed by atoms with van der Waals surface area (Å²) in [4.78, 5) is 14.8. The van der Waals surface area contributed by atoms with Gasteiger partial charge in [0.05, 0.1) is 4.47 Å². The second-order valence-corrected chi connectivity index (χ2v) is 5.06. The Morgan fingerprint density at radius 2 is 2.00 bits per heavy atom. The lowest BCUT2D eigenvalue weighted by Crippen LogP contribution is -2.22.